The summed E-state index contributed by atoms with van der Waals surface area (Å²) in [7, 11) is 0. The van der Waals surface area contributed by atoms with Crippen LogP contribution in [0, 0.1) is 11.8 Å². The Morgan fingerprint density at radius 2 is 1.87 bits per heavy atom. The van der Waals surface area contributed by atoms with E-state index in [1.54, 1.807) is 6.92 Å². The second-order valence-electron chi connectivity index (χ2n) is 6.46. The molecule has 3 heterocycles. The zero-order valence-electron chi connectivity index (χ0n) is 12.9. The van der Waals surface area contributed by atoms with Crippen molar-refractivity contribution in [2.75, 3.05) is 6.79 Å². The molecule has 3 fully saturated rings. The quantitative estimate of drug-likeness (QED) is 0.580. The normalized spacial score (nSPS) is 42.5. The van der Waals surface area contributed by atoms with Gasteiger partial charge in [0.2, 0.25) is 17.6 Å². The summed E-state index contributed by atoms with van der Waals surface area (Å²) >= 11 is 0. The highest BCUT2D eigenvalue weighted by molar-refractivity contribution is 5.97. The Hall–Kier alpha value is -1.48. The van der Waals surface area contributed by atoms with Gasteiger partial charge in [-0.1, -0.05) is 13.5 Å². The molecule has 3 N–H and O–H groups in total. The number of imide groups is 1. The van der Waals surface area contributed by atoms with Crippen molar-refractivity contribution in [2.24, 2.45) is 11.8 Å². The molecule has 3 aliphatic rings. The molecule has 8 nitrogen and oxygen atoms in total. The van der Waals surface area contributed by atoms with E-state index in [4.69, 9.17) is 14.2 Å². The topological polar surface area (TPSA) is 114 Å². The minimum Gasteiger partial charge on any atom is -0.464 e. The number of nitrogens with one attached hydrogen (secondary N) is 1. The number of carbonyl (C=O) groups is 2. The molecule has 0 spiro atoms. The number of aliphatic hydroxyl groups excluding tert-OH is 1. The zero-order chi connectivity index (χ0) is 16.8. The average Bonchev–Trinajstić information content (AvgIpc) is 2.71. The van der Waals surface area contributed by atoms with Gasteiger partial charge in [0.1, 0.15) is 12.9 Å². The molecule has 0 radical (unpaired) electrons. The predicted molar refractivity (Wildman–Crippen MR) is 75.4 cm³/mol. The third-order valence-electron chi connectivity index (χ3n) is 4.75. The first kappa shape index (κ1) is 16.4. The largest absolute Gasteiger partial charge is 0.464 e. The van der Waals surface area contributed by atoms with Crippen LogP contribution in [0.25, 0.3) is 0 Å². The summed E-state index contributed by atoms with van der Waals surface area (Å²) < 4.78 is 16.2. The Kier molecular flexibility index (Phi) is 4.18. The molecule has 0 aromatic rings. The van der Waals surface area contributed by atoms with Crippen molar-refractivity contribution in [1.82, 2.24) is 5.32 Å². The fraction of sp³-hybridized carbons (Fsp3) is 0.733. The first-order chi connectivity index (χ1) is 10.8. The van der Waals surface area contributed by atoms with Crippen molar-refractivity contribution in [2.45, 2.75) is 50.3 Å². The number of hydrogen-bond acceptors (Lipinski definition) is 7. The van der Waals surface area contributed by atoms with E-state index < -0.39 is 41.8 Å². The highest BCUT2D eigenvalue weighted by atomic mass is 16.7. The molecular formula is C15H21NO7. The minimum atomic E-state index is -1.71. The van der Waals surface area contributed by atoms with Crippen molar-refractivity contribution < 1.29 is 34.0 Å². The molecule has 0 aromatic carbocycles. The smallest absolute Gasteiger partial charge is 0.239 e. The summed E-state index contributed by atoms with van der Waals surface area (Å²) in [5.41, 5.74) is 0. The molecule has 0 bridgehead atoms. The molecule has 0 aromatic heterocycles. The van der Waals surface area contributed by atoms with E-state index in [9.17, 15) is 19.8 Å². The van der Waals surface area contributed by atoms with Gasteiger partial charge in [-0.25, -0.2) is 0 Å². The van der Waals surface area contributed by atoms with E-state index >= 15 is 0 Å². The fourth-order valence-electron chi connectivity index (χ4n) is 3.58. The van der Waals surface area contributed by atoms with Crippen LogP contribution in [-0.2, 0) is 23.8 Å². The molecule has 3 aliphatic heterocycles. The van der Waals surface area contributed by atoms with Gasteiger partial charge in [-0.05, 0) is 0 Å². The Bertz CT molecular complexity index is 520. The average molecular weight is 327 g/mol. The summed E-state index contributed by atoms with van der Waals surface area (Å²) in [6, 6.07) is 0. The molecule has 3 rings (SSSR count). The highest BCUT2D eigenvalue weighted by Gasteiger charge is 2.57. The van der Waals surface area contributed by atoms with Gasteiger partial charge in [0.15, 0.2) is 6.10 Å². The number of hydrogen-bond donors (Lipinski definition) is 3. The lowest BCUT2D eigenvalue weighted by Gasteiger charge is -2.44. The lowest BCUT2D eigenvalue weighted by molar-refractivity contribution is -0.334. The van der Waals surface area contributed by atoms with E-state index in [1.165, 1.54) is 0 Å². The molecule has 8 heteroatoms. The van der Waals surface area contributed by atoms with Crippen molar-refractivity contribution in [3.05, 3.63) is 12.3 Å². The maximum Gasteiger partial charge on any atom is 0.239 e. The molecule has 2 amide bonds. The van der Waals surface area contributed by atoms with Crippen LogP contribution in [0.1, 0.15) is 26.2 Å². The highest BCUT2D eigenvalue weighted by Crippen LogP contribution is 2.42. The number of piperidine rings is 1. The molecule has 5 atom stereocenters. The Labute approximate surface area is 133 Å². The van der Waals surface area contributed by atoms with Crippen molar-refractivity contribution >= 4 is 11.8 Å². The number of ether oxygens (including phenoxy) is 3. The number of allylic oxidation sites excluding steroid dienone is 1. The number of rotatable bonds is 2. The van der Waals surface area contributed by atoms with Gasteiger partial charge >= 0.3 is 0 Å². The number of amides is 2. The Morgan fingerprint density at radius 1 is 1.22 bits per heavy atom. The van der Waals surface area contributed by atoms with Gasteiger partial charge in [-0.15, -0.1) is 0 Å². The number of aliphatic hydroxyl groups is 2. The van der Waals surface area contributed by atoms with Gasteiger partial charge in [0.05, 0.1) is 11.9 Å². The number of carbonyl (C=O) groups excluding carboxylic acids is 2. The summed E-state index contributed by atoms with van der Waals surface area (Å²) in [5, 5.41) is 23.6. The van der Waals surface area contributed by atoms with Gasteiger partial charge in [-0.2, -0.15) is 0 Å². The lowest BCUT2D eigenvalue weighted by atomic mass is 9.82. The summed E-state index contributed by atoms with van der Waals surface area (Å²) in [4.78, 5) is 23.1. The SMILES string of the molecule is C=C1C[C@H](C)[C@@](O)([C@@H]2OCO[C@@H](C3CC(=O)NC(=O)C3)[C@@H]2O)O1. The van der Waals surface area contributed by atoms with Gasteiger partial charge < -0.3 is 24.4 Å². The third kappa shape index (κ3) is 2.87. The Balaban J connectivity index is 1.78. The van der Waals surface area contributed by atoms with Crippen LogP contribution in [0.3, 0.4) is 0 Å². The van der Waals surface area contributed by atoms with Crippen LogP contribution >= 0.6 is 0 Å². The van der Waals surface area contributed by atoms with E-state index in [0.29, 0.717) is 12.2 Å². The Morgan fingerprint density at radius 3 is 2.43 bits per heavy atom. The van der Waals surface area contributed by atoms with Crippen molar-refractivity contribution in [3.8, 4) is 0 Å². The van der Waals surface area contributed by atoms with E-state index in [1.807, 2.05) is 0 Å². The third-order valence-corrected chi connectivity index (χ3v) is 4.75. The van der Waals surface area contributed by atoms with Gasteiger partial charge in [-0.3, -0.25) is 14.9 Å². The second-order valence-corrected chi connectivity index (χ2v) is 6.46. The van der Waals surface area contributed by atoms with Crippen LogP contribution < -0.4 is 5.32 Å². The summed E-state index contributed by atoms with van der Waals surface area (Å²) in [5.74, 6) is -2.87. The van der Waals surface area contributed by atoms with Crippen LogP contribution in [0.4, 0.5) is 0 Å². The van der Waals surface area contributed by atoms with Crippen LogP contribution in [0.5, 0.6) is 0 Å². The molecular weight excluding hydrogens is 306 g/mol. The van der Waals surface area contributed by atoms with Crippen molar-refractivity contribution in [1.29, 1.82) is 0 Å². The maximum atomic E-state index is 11.5. The lowest BCUT2D eigenvalue weighted by Crippen LogP contribution is -2.62. The second kappa shape index (κ2) is 5.86. The molecule has 0 saturated carbocycles. The van der Waals surface area contributed by atoms with Crippen LogP contribution in [0.15, 0.2) is 12.3 Å². The first-order valence-corrected chi connectivity index (χ1v) is 7.64. The van der Waals surface area contributed by atoms with E-state index in [0.717, 1.165) is 0 Å². The van der Waals surface area contributed by atoms with E-state index in [-0.39, 0.29) is 25.6 Å². The zero-order valence-corrected chi connectivity index (χ0v) is 12.9. The molecule has 23 heavy (non-hydrogen) atoms. The molecule has 128 valence electrons. The molecule has 0 aliphatic carbocycles. The van der Waals surface area contributed by atoms with E-state index in [2.05, 4.69) is 11.9 Å². The van der Waals surface area contributed by atoms with Gasteiger partial charge in [0.25, 0.3) is 0 Å². The standard InChI is InChI=1S/C15H21NO7/c1-7-3-8(2)23-15(7,20)14-12(19)13(21-6-22-14)9-4-10(17)16-11(18)5-9/h7,9,12-14,19-20H,2-6H2,1H3,(H,16,17,18)/t7-,12-,13-,14+,15-/m0/s1. The predicted octanol–water partition coefficient (Wildman–Crippen LogP) is -0.600. The monoisotopic (exact) mass is 327 g/mol. The summed E-state index contributed by atoms with van der Waals surface area (Å²) in [6.45, 7) is 5.31. The van der Waals surface area contributed by atoms with Crippen LogP contribution in [0.2, 0.25) is 0 Å². The molecule has 0 unspecified atom stereocenters. The maximum absolute atomic E-state index is 11.5. The van der Waals surface area contributed by atoms with Gasteiger partial charge in [0, 0.05) is 31.1 Å². The minimum absolute atomic E-state index is 0.0712. The summed E-state index contributed by atoms with van der Waals surface area (Å²) in [6.07, 6.45) is -2.47. The van der Waals surface area contributed by atoms with Crippen molar-refractivity contribution in [3.63, 3.8) is 0 Å². The first-order valence-electron chi connectivity index (χ1n) is 7.64. The van der Waals surface area contributed by atoms with Crippen LogP contribution in [-0.4, -0.2) is 52.9 Å². The fourth-order valence-corrected chi connectivity index (χ4v) is 3.58. The molecule has 3 saturated heterocycles.